The molecule has 1 rings (SSSR count). The predicted molar refractivity (Wildman–Crippen MR) is 72.2 cm³/mol. The Labute approximate surface area is 104 Å². The van der Waals surface area contributed by atoms with Crippen LogP contribution in [0.25, 0.3) is 0 Å². The number of hydrogen-bond acceptors (Lipinski definition) is 2. The maximum atomic E-state index is 11.7. The zero-order valence-corrected chi connectivity index (χ0v) is 10.9. The van der Waals surface area contributed by atoms with Gasteiger partial charge in [-0.3, -0.25) is 4.79 Å². The van der Waals surface area contributed by atoms with Crippen molar-refractivity contribution in [3.63, 3.8) is 0 Å². The van der Waals surface area contributed by atoms with Crippen molar-refractivity contribution in [2.75, 3.05) is 11.9 Å². The average molecular weight is 234 g/mol. The SMILES string of the molecule is CCC(CC)NC(=O)CNc1cccc(C)c1. The molecule has 2 N–H and O–H groups in total. The minimum Gasteiger partial charge on any atom is -0.376 e. The summed E-state index contributed by atoms with van der Waals surface area (Å²) in [7, 11) is 0. The lowest BCUT2D eigenvalue weighted by Gasteiger charge is -2.15. The van der Waals surface area contributed by atoms with Crippen molar-refractivity contribution in [1.29, 1.82) is 0 Å². The van der Waals surface area contributed by atoms with Crippen molar-refractivity contribution in [3.8, 4) is 0 Å². The fraction of sp³-hybridized carbons (Fsp3) is 0.500. The number of benzene rings is 1. The van der Waals surface area contributed by atoms with Crippen LogP contribution in [0.15, 0.2) is 24.3 Å². The third kappa shape index (κ3) is 4.89. The standard InChI is InChI=1S/C14H22N2O/c1-4-12(5-2)16-14(17)10-15-13-8-6-7-11(3)9-13/h6-9,12,15H,4-5,10H2,1-3H3,(H,16,17). The maximum Gasteiger partial charge on any atom is 0.239 e. The van der Waals surface area contributed by atoms with Gasteiger partial charge in [0.05, 0.1) is 6.54 Å². The van der Waals surface area contributed by atoms with E-state index in [0.717, 1.165) is 18.5 Å². The second-order valence-electron chi connectivity index (χ2n) is 4.30. The topological polar surface area (TPSA) is 41.1 Å². The second kappa shape index (κ2) is 6.94. The van der Waals surface area contributed by atoms with Gasteiger partial charge < -0.3 is 10.6 Å². The molecule has 0 atom stereocenters. The van der Waals surface area contributed by atoms with E-state index in [4.69, 9.17) is 0 Å². The highest BCUT2D eigenvalue weighted by molar-refractivity contribution is 5.80. The first-order chi connectivity index (χ1) is 8.15. The number of carbonyl (C=O) groups excluding carboxylic acids is 1. The van der Waals surface area contributed by atoms with Crippen molar-refractivity contribution in [2.45, 2.75) is 39.7 Å². The molecule has 0 heterocycles. The lowest BCUT2D eigenvalue weighted by atomic mass is 10.2. The van der Waals surface area contributed by atoms with E-state index < -0.39 is 0 Å². The van der Waals surface area contributed by atoms with Gasteiger partial charge in [-0.1, -0.05) is 26.0 Å². The summed E-state index contributed by atoms with van der Waals surface area (Å²) < 4.78 is 0. The highest BCUT2D eigenvalue weighted by Gasteiger charge is 2.07. The quantitative estimate of drug-likeness (QED) is 0.794. The van der Waals surface area contributed by atoms with Crippen LogP contribution >= 0.6 is 0 Å². The fourth-order valence-electron chi connectivity index (χ4n) is 1.71. The van der Waals surface area contributed by atoms with Crippen LogP contribution in [0.5, 0.6) is 0 Å². The predicted octanol–water partition coefficient (Wildman–Crippen LogP) is 2.71. The highest BCUT2D eigenvalue weighted by Crippen LogP contribution is 2.08. The molecular formula is C14H22N2O. The number of hydrogen-bond donors (Lipinski definition) is 2. The molecule has 3 nitrogen and oxygen atoms in total. The van der Waals surface area contributed by atoms with Gasteiger partial charge in [-0.15, -0.1) is 0 Å². The van der Waals surface area contributed by atoms with Gasteiger partial charge in [0.2, 0.25) is 5.91 Å². The highest BCUT2D eigenvalue weighted by atomic mass is 16.1. The Morgan fingerprint density at radius 3 is 2.59 bits per heavy atom. The Hall–Kier alpha value is -1.51. The Morgan fingerprint density at radius 2 is 2.00 bits per heavy atom. The van der Waals surface area contributed by atoms with Gasteiger partial charge in [0.25, 0.3) is 0 Å². The molecular weight excluding hydrogens is 212 g/mol. The van der Waals surface area contributed by atoms with Crippen LogP contribution in [0.1, 0.15) is 32.3 Å². The number of anilines is 1. The van der Waals surface area contributed by atoms with Gasteiger partial charge in [-0.05, 0) is 37.5 Å². The largest absolute Gasteiger partial charge is 0.376 e. The summed E-state index contributed by atoms with van der Waals surface area (Å²) >= 11 is 0. The molecule has 0 radical (unpaired) electrons. The molecule has 0 saturated heterocycles. The summed E-state index contributed by atoms with van der Waals surface area (Å²) in [5, 5.41) is 6.13. The molecule has 17 heavy (non-hydrogen) atoms. The van der Waals surface area contributed by atoms with Crippen molar-refractivity contribution in [1.82, 2.24) is 5.32 Å². The molecule has 0 saturated carbocycles. The average Bonchev–Trinajstić information content (AvgIpc) is 2.33. The first kappa shape index (κ1) is 13.6. The normalized spacial score (nSPS) is 10.4. The zero-order chi connectivity index (χ0) is 12.7. The van der Waals surface area contributed by atoms with Crippen LogP contribution in [0, 0.1) is 6.92 Å². The van der Waals surface area contributed by atoms with Gasteiger partial charge in [-0.25, -0.2) is 0 Å². The van der Waals surface area contributed by atoms with Gasteiger partial charge >= 0.3 is 0 Å². The number of amides is 1. The first-order valence-electron chi connectivity index (χ1n) is 6.25. The molecule has 0 aromatic heterocycles. The smallest absolute Gasteiger partial charge is 0.239 e. The van der Waals surface area contributed by atoms with Crippen molar-refractivity contribution in [3.05, 3.63) is 29.8 Å². The van der Waals surface area contributed by atoms with Crippen LogP contribution < -0.4 is 10.6 Å². The Morgan fingerprint density at radius 1 is 1.29 bits per heavy atom. The lowest BCUT2D eigenvalue weighted by Crippen LogP contribution is -2.37. The van der Waals surface area contributed by atoms with Crippen molar-refractivity contribution >= 4 is 11.6 Å². The molecule has 0 aliphatic heterocycles. The van der Waals surface area contributed by atoms with E-state index in [1.54, 1.807) is 0 Å². The second-order valence-corrected chi connectivity index (χ2v) is 4.30. The first-order valence-corrected chi connectivity index (χ1v) is 6.25. The molecule has 0 spiro atoms. The zero-order valence-electron chi connectivity index (χ0n) is 10.9. The van der Waals surface area contributed by atoms with E-state index in [1.165, 1.54) is 5.56 Å². The molecule has 0 unspecified atom stereocenters. The molecule has 1 aromatic carbocycles. The van der Waals surface area contributed by atoms with Crippen LogP contribution in [-0.4, -0.2) is 18.5 Å². The van der Waals surface area contributed by atoms with Gasteiger partial charge in [-0.2, -0.15) is 0 Å². The minimum absolute atomic E-state index is 0.0557. The molecule has 0 fully saturated rings. The summed E-state index contributed by atoms with van der Waals surface area (Å²) in [4.78, 5) is 11.7. The Kier molecular flexibility index (Phi) is 5.53. The lowest BCUT2D eigenvalue weighted by molar-refractivity contribution is -0.120. The summed E-state index contributed by atoms with van der Waals surface area (Å²) in [6, 6.07) is 8.31. The van der Waals surface area contributed by atoms with E-state index >= 15 is 0 Å². The summed E-state index contributed by atoms with van der Waals surface area (Å²) in [5.41, 5.74) is 2.18. The number of carbonyl (C=O) groups is 1. The molecule has 0 aliphatic rings. The fourth-order valence-corrected chi connectivity index (χ4v) is 1.71. The van der Waals surface area contributed by atoms with Crippen LogP contribution in [0.4, 0.5) is 5.69 Å². The van der Waals surface area contributed by atoms with E-state index in [0.29, 0.717) is 12.6 Å². The number of rotatable bonds is 6. The van der Waals surface area contributed by atoms with E-state index in [-0.39, 0.29) is 5.91 Å². The van der Waals surface area contributed by atoms with Gasteiger partial charge in [0.1, 0.15) is 0 Å². The molecule has 0 aliphatic carbocycles. The number of aryl methyl sites for hydroxylation is 1. The molecule has 94 valence electrons. The number of nitrogens with one attached hydrogen (secondary N) is 2. The van der Waals surface area contributed by atoms with Crippen molar-refractivity contribution in [2.24, 2.45) is 0 Å². The maximum absolute atomic E-state index is 11.7. The Bertz CT molecular complexity index is 359. The summed E-state index contributed by atoms with van der Waals surface area (Å²) in [5.74, 6) is 0.0557. The van der Waals surface area contributed by atoms with Crippen LogP contribution in [-0.2, 0) is 4.79 Å². The van der Waals surface area contributed by atoms with Gasteiger partial charge in [0, 0.05) is 11.7 Å². The van der Waals surface area contributed by atoms with Crippen LogP contribution in [0.2, 0.25) is 0 Å². The van der Waals surface area contributed by atoms with Crippen molar-refractivity contribution < 1.29 is 4.79 Å². The third-order valence-electron chi connectivity index (χ3n) is 2.82. The summed E-state index contributed by atoms with van der Waals surface area (Å²) in [6.07, 6.45) is 1.96. The van der Waals surface area contributed by atoms with E-state index in [9.17, 15) is 4.79 Å². The minimum atomic E-state index is 0.0557. The van der Waals surface area contributed by atoms with Gasteiger partial charge in [0.15, 0.2) is 0 Å². The van der Waals surface area contributed by atoms with E-state index in [1.807, 2.05) is 31.2 Å². The summed E-state index contributed by atoms with van der Waals surface area (Å²) in [6.45, 7) is 6.54. The monoisotopic (exact) mass is 234 g/mol. The third-order valence-corrected chi connectivity index (χ3v) is 2.82. The molecule has 1 aromatic rings. The Balaban J connectivity index is 2.38. The molecule has 3 heteroatoms. The molecule has 0 bridgehead atoms. The van der Waals surface area contributed by atoms with E-state index in [2.05, 4.69) is 24.5 Å². The molecule has 1 amide bonds. The van der Waals surface area contributed by atoms with Crippen LogP contribution in [0.3, 0.4) is 0 Å².